The lowest BCUT2D eigenvalue weighted by atomic mass is 10.1. The Labute approximate surface area is 106 Å². The highest BCUT2D eigenvalue weighted by molar-refractivity contribution is 7.16. The van der Waals surface area contributed by atoms with E-state index in [4.69, 9.17) is 17.3 Å². The Morgan fingerprint density at radius 1 is 1.53 bits per heavy atom. The Kier molecular flexibility index (Phi) is 5.36. The minimum Gasteiger partial charge on any atom is -0.330 e. The van der Waals surface area contributed by atoms with Crippen molar-refractivity contribution in [2.24, 2.45) is 11.7 Å². The molecule has 1 aliphatic heterocycles. The molecule has 1 unspecified atom stereocenters. The Bertz CT molecular complexity index is 303. The molecule has 86 valence electrons. The van der Waals surface area contributed by atoms with Crippen LogP contribution in [0.3, 0.4) is 0 Å². The molecule has 1 aliphatic rings. The van der Waals surface area contributed by atoms with E-state index in [1.807, 2.05) is 6.07 Å². The van der Waals surface area contributed by atoms with Gasteiger partial charge in [-0.05, 0) is 37.6 Å². The van der Waals surface area contributed by atoms with Gasteiger partial charge in [-0.3, -0.25) is 4.90 Å². The molecule has 5 heteroatoms. The summed E-state index contributed by atoms with van der Waals surface area (Å²) in [6.45, 7) is 4.18. The summed E-state index contributed by atoms with van der Waals surface area (Å²) < 4.78 is 0.884. The summed E-state index contributed by atoms with van der Waals surface area (Å²) in [6, 6.07) is 4.08. The largest absolute Gasteiger partial charge is 0.330 e. The van der Waals surface area contributed by atoms with Crippen molar-refractivity contribution in [2.75, 3.05) is 19.6 Å². The fraction of sp³-hybridized carbons (Fsp3) is 0.600. The minimum absolute atomic E-state index is 0. The van der Waals surface area contributed by atoms with E-state index >= 15 is 0 Å². The van der Waals surface area contributed by atoms with Crippen molar-refractivity contribution >= 4 is 35.3 Å². The van der Waals surface area contributed by atoms with E-state index in [0.717, 1.165) is 24.0 Å². The quantitative estimate of drug-likeness (QED) is 0.912. The van der Waals surface area contributed by atoms with E-state index in [0.29, 0.717) is 5.92 Å². The van der Waals surface area contributed by atoms with Crippen LogP contribution in [0.15, 0.2) is 12.1 Å². The Hall–Kier alpha value is 0.200. The Balaban J connectivity index is 0.00000112. The summed E-state index contributed by atoms with van der Waals surface area (Å²) in [5.41, 5.74) is 5.65. The van der Waals surface area contributed by atoms with Crippen LogP contribution in [0.25, 0.3) is 0 Å². The van der Waals surface area contributed by atoms with E-state index in [-0.39, 0.29) is 12.4 Å². The maximum atomic E-state index is 5.88. The van der Waals surface area contributed by atoms with E-state index in [1.165, 1.54) is 17.8 Å². The Morgan fingerprint density at radius 3 is 2.87 bits per heavy atom. The molecule has 2 heterocycles. The second kappa shape index (κ2) is 6.06. The number of halogens is 2. The van der Waals surface area contributed by atoms with Gasteiger partial charge in [-0.1, -0.05) is 11.6 Å². The molecule has 0 aliphatic carbocycles. The molecule has 1 aromatic rings. The molecule has 1 fully saturated rings. The summed E-state index contributed by atoms with van der Waals surface area (Å²) >= 11 is 7.56. The van der Waals surface area contributed by atoms with E-state index in [2.05, 4.69) is 11.0 Å². The van der Waals surface area contributed by atoms with Crippen molar-refractivity contribution < 1.29 is 0 Å². The molecule has 0 aromatic carbocycles. The lowest BCUT2D eigenvalue weighted by Crippen LogP contribution is -2.22. The van der Waals surface area contributed by atoms with Crippen LogP contribution >= 0.6 is 35.3 Å². The van der Waals surface area contributed by atoms with E-state index in [9.17, 15) is 0 Å². The molecule has 0 saturated carbocycles. The fourth-order valence-electron chi connectivity index (χ4n) is 1.91. The summed E-state index contributed by atoms with van der Waals surface area (Å²) in [4.78, 5) is 3.81. The molecule has 0 spiro atoms. The maximum absolute atomic E-state index is 5.88. The zero-order valence-corrected chi connectivity index (χ0v) is 10.9. The van der Waals surface area contributed by atoms with Crippen molar-refractivity contribution in [3.63, 3.8) is 0 Å². The van der Waals surface area contributed by atoms with Crippen molar-refractivity contribution in [1.29, 1.82) is 0 Å². The topological polar surface area (TPSA) is 29.3 Å². The molecule has 2 rings (SSSR count). The van der Waals surface area contributed by atoms with Gasteiger partial charge in [0.05, 0.1) is 4.34 Å². The first-order chi connectivity index (χ1) is 6.78. The number of hydrogen-bond acceptors (Lipinski definition) is 3. The third-order valence-corrected chi connectivity index (χ3v) is 3.93. The second-order valence-corrected chi connectivity index (χ2v) is 5.63. The normalized spacial score (nSPS) is 21.6. The summed E-state index contributed by atoms with van der Waals surface area (Å²) in [5, 5.41) is 0. The number of rotatable bonds is 3. The fourth-order valence-corrected chi connectivity index (χ4v) is 3.04. The SMILES string of the molecule is Cl.NCC1CCN(Cc2ccc(Cl)s2)C1. The number of nitrogens with two attached hydrogens (primary N) is 1. The zero-order chi connectivity index (χ0) is 9.97. The monoisotopic (exact) mass is 266 g/mol. The molecular weight excluding hydrogens is 251 g/mol. The standard InChI is InChI=1S/C10H15ClN2S.ClH/c11-10-2-1-9(14-10)7-13-4-3-8(5-12)6-13;/h1-2,8H,3-7,12H2;1H. The van der Waals surface area contributed by atoms with Crippen LogP contribution in [0.1, 0.15) is 11.3 Å². The van der Waals surface area contributed by atoms with Gasteiger partial charge in [0.1, 0.15) is 0 Å². The summed E-state index contributed by atoms with van der Waals surface area (Å²) in [5.74, 6) is 0.699. The van der Waals surface area contributed by atoms with Crippen LogP contribution < -0.4 is 5.73 Å². The van der Waals surface area contributed by atoms with Crippen molar-refractivity contribution in [2.45, 2.75) is 13.0 Å². The van der Waals surface area contributed by atoms with Crippen LogP contribution in [0.4, 0.5) is 0 Å². The predicted octanol–water partition coefficient (Wildman–Crippen LogP) is 2.60. The highest BCUT2D eigenvalue weighted by atomic mass is 35.5. The van der Waals surface area contributed by atoms with Crippen LogP contribution in [0.5, 0.6) is 0 Å². The lowest BCUT2D eigenvalue weighted by molar-refractivity contribution is 0.320. The third-order valence-electron chi connectivity index (χ3n) is 2.71. The van der Waals surface area contributed by atoms with Gasteiger partial charge in [0.15, 0.2) is 0 Å². The molecule has 15 heavy (non-hydrogen) atoms. The maximum Gasteiger partial charge on any atom is 0.0931 e. The average Bonchev–Trinajstić information content (AvgIpc) is 2.76. The number of hydrogen-bond donors (Lipinski definition) is 1. The Morgan fingerprint density at radius 2 is 2.33 bits per heavy atom. The molecule has 2 N–H and O–H groups in total. The highest BCUT2D eigenvalue weighted by Crippen LogP contribution is 2.25. The predicted molar refractivity (Wildman–Crippen MR) is 69.0 cm³/mol. The molecule has 0 bridgehead atoms. The molecular formula is C10H16Cl2N2S. The van der Waals surface area contributed by atoms with Gasteiger partial charge < -0.3 is 5.73 Å². The van der Waals surface area contributed by atoms with Gasteiger partial charge >= 0.3 is 0 Å². The van der Waals surface area contributed by atoms with Gasteiger partial charge in [-0.25, -0.2) is 0 Å². The lowest BCUT2D eigenvalue weighted by Gasteiger charge is -2.13. The van der Waals surface area contributed by atoms with Crippen LogP contribution in [0.2, 0.25) is 4.34 Å². The van der Waals surface area contributed by atoms with Gasteiger partial charge in [-0.2, -0.15) is 0 Å². The third kappa shape index (κ3) is 3.61. The summed E-state index contributed by atoms with van der Waals surface area (Å²) in [6.07, 6.45) is 1.25. The molecule has 1 aromatic heterocycles. The average molecular weight is 267 g/mol. The molecule has 0 radical (unpaired) electrons. The first-order valence-corrected chi connectivity index (χ1v) is 6.14. The number of thiophene rings is 1. The van der Waals surface area contributed by atoms with Gasteiger partial charge in [0, 0.05) is 18.0 Å². The van der Waals surface area contributed by atoms with E-state index in [1.54, 1.807) is 11.3 Å². The van der Waals surface area contributed by atoms with Gasteiger partial charge in [0.2, 0.25) is 0 Å². The first kappa shape index (κ1) is 13.3. The summed E-state index contributed by atoms with van der Waals surface area (Å²) in [7, 11) is 0. The molecule has 1 atom stereocenters. The highest BCUT2D eigenvalue weighted by Gasteiger charge is 2.21. The van der Waals surface area contributed by atoms with Crippen LogP contribution in [-0.2, 0) is 6.54 Å². The van der Waals surface area contributed by atoms with Crippen molar-refractivity contribution in [3.8, 4) is 0 Å². The number of likely N-dealkylation sites (tertiary alicyclic amines) is 1. The van der Waals surface area contributed by atoms with Crippen molar-refractivity contribution in [1.82, 2.24) is 4.90 Å². The molecule has 1 saturated heterocycles. The van der Waals surface area contributed by atoms with Crippen LogP contribution in [0, 0.1) is 5.92 Å². The van der Waals surface area contributed by atoms with E-state index < -0.39 is 0 Å². The first-order valence-electron chi connectivity index (χ1n) is 4.94. The molecule has 2 nitrogen and oxygen atoms in total. The smallest absolute Gasteiger partial charge is 0.0931 e. The van der Waals surface area contributed by atoms with Gasteiger partial charge in [-0.15, -0.1) is 23.7 Å². The number of nitrogens with zero attached hydrogens (tertiary/aromatic N) is 1. The zero-order valence-electron chi connectivity index (χ0n) is 8.49. The van der Waals surface area contributed by atoms with Crippen molar-refractivity contribution in [3.05, 3.63) is 21.3 Å². The van der Waals surface area contributed by atoms with Gasteiger partial charge in [0.25, 0.3) is 0 Å². The minimum atomic E-state index is 0. The molecule has 0 amide bonds. The second-order valence-electron chi connectivity index (χ2n) is 3.83. The van der Waals surface area contributed by atoms with Crippen LogP contribution in [-0.4, -0.2) is 24.5 Å².